The molecule has 3 N–H and O–H groups in total. The van der Waals surface area contributed by atoms with Gasteiger partial charge >= 0.3 is 17.9 Å². The second-order valence-corrected chi connectivity index (χ2v) is 6.88. The van der Waals surface area contributed by atoms with Gasteiger partial charge in [-0.05, 0) is 13.1 Å². The summed E-state index contributed by atoms with van der Waals surface area (Å²) in [5.41, 5.74) is -2.21. The molecule has 0 unspecified atom stereocenters. The molecule has 1 aliphatic rings. The molecule has 1 saturated heterocycles. The van der Waals surface area contributed by atoms with E-state index in [1.165, 1.54) is 0 Å². The number of carboxylic acids is 3. The molecule has 0 bridgehead atoms. The summed E-state index contributed by atoms with van der Waals surface area (Å²) in [7, 11) is 1.90. The van der Waals surface area contributed by atoms with E-state index in [0.29, 0.717) is 26.2 Å². The molecule has 1 aliphatic heterocycles. The van der Waals surface area contributed by atoms with Crippen molar-refractivity contribution in [3.05, 3.63) is 39.7 Å². The quantitative estimate of drug-likeness (QED) is 0.568. The lowest BCUT2D eigenvalue weighted by atomic mass is 10.1. The summed E-state index contributed by atoms with van der Waals surface area (Å²) < 4.78 is 43.7. The number of piperazine rings is 1. The van der Waals surface area contributed by atoms with Gasteiger partial charge in [0.2, 0.25) is 5.43 Å². The van der Waals surface area contributed by atoms with Crippen LogP contribution >= 0.6 is 0 Å². The average molecular weight is 459 g/mol. The SMILES string of the molecule is CN1CCN(c2c(F)cc3c(=O)c(C(=O)O)cn(CCF)c3c2F)CC1.O=C(O)C(=O)O. The van der Waals surface area contributed by atoms with Crippen LogP contribution < -0.4 is 10.3 Å². The Hall–Kier alpha value is -3.61. The van der Waals surface area contributed by atoms with Crippen molar-refractivity contribution in [1.29, 1.82) is 0 Å². The summed E-state index contributed by atoms with van der Waals surface area (Å²) in [6.07, 6.45) is 0.904. The van der Waals surface area contributed by atoms with Crippen molar-refractivity contribution in [1.82, 2.24) is 9.47 Å². The molecule has 32 heavy (non-hydrogen) atoms. The molecule has 0 atom stereocenters. The fraction of sp³-hybridized carbons (Fsp3) is 0.368. The predicted octanol–water partition coefficient (Wildman–Crippen LogP) is 0.855. The highest BCUT2D eigenvalue weighted by atomic mass is 19.1. The highest BCUT2D eigenvalue weighted by Crippen LogP contribution is 2.30. The Morgan fingerprint density at radius 2 is 1.59 bits per heavy atom. The number of hydrogen-bond donors (Lipinski definition) is 3. The summed E-state index contributed by atoms with van der Waals surface area (Å²) in [4.78, 5) is 45.3. The lowest BCUT2D eigenvalue weighted by molar-refractivity contribution is -0.159. The normalized spacial score (nSPS) is 14.1. The smallest absolute Gasteiger partial charge is 0.414 e. The maximum absolute atomic E-state index is 15.2. The van der Waals surface area contributed by atoms with Crippen molar-refractivity contribution in [2.75, 3.05) is 44.8 Å². The fourth-order valence-corrected chi connectivity index (χ4v) is 3.22. The second-order valence-electron chi connectivity index (χ2n) is 6.88. The number of nitrogens with zero attached hydrogens (tertiary/aromatic N) is 3. The van der Waals surface area contributed by atoms with Gasteiger partial charge in [-0.25, -0.2) is 27.6 Å². The summed E-state index contributed by atoms with van der Waals surface area (Å²) in [6.45, 7) is 0.796. The Morgan fingerprint density at radius 1 is 1.03 bits per heavy atom. The van der Waals surface area contributed by atoms with Gasteiger partial charge in [-0.3, -0.25) is 4.79 Å². The number of aromatic carboxylic acids is 1. The maximum atomic E-state index is 15.2. The van der Waals surface area contributed by atoms with Crippen molar-refractivity contribution < 1.29 is 42.9 Å². The molecule has 10 nitrogen and oxygen atoms in total. The Morgan fingerprint density at radius 3 is 2.06 bits per heavy atom. The number of hydrogen-bond acceptors (Lipinski definition) is 6. The van der Waals surface area contributed by atoms with Gasteiger partial charge in [-0.15, -0.1) is 0 Å². The molecule has 2 aromatic rings. The van der Waals surface area contributed by atoms with Gasteiger partial charge in [0.1, 0.15) is 23.7 Å². The number of aliphatic carboxylic acids is 2. The van der Waals surface area contributed by atoms with Crippen LogP contribution in [-0.4, -0.2) is 82.6 Å². The zero-order chi connectivity index (χ0) is 24.2. The van der Waals surface area contributed by atoms with Crippen molar-refractivity contribution in [3.8, 4) is 0 Å². The van der Waals surface area contributed by atoms with E-state index in [2.05, 4.69) is 0 Å². The summed E-state index contributed by atoms with van der Waals surface area (Å²) >= 11 is 0. The summed E-state index contributed by atoms with van der Waals surface area (Å²) in [5.74, 6) is -7.10. The van der Waals surface area contributed by atoms with Crippen molar-refractivity contribution in [3.63, 3.8) is 0 Å². The number of halogens is 3. The first-order valence-electron chi connectivity index (χ1n) is 9.23. The van der Waals surface area contributed by atoms with E-state index in [4.69, 9.17) is 24.9 Å². The Bertz CT molecular complexity index is 1100. The lowest BCUT2D eigenvalue weighted by Crippen LogP contribution is -2.45. The number of anilines is 1. The maximum Gasteiger partial charge on any atom is 0.414 e. The van der Waals surface area contributed by atoms with E-state index in [-0.39, 0.29) is 17.7 Å². The molecule has 0 amide bonds. The molecule has 1 aromatic heterocycles. The third kappa shape index (κ3) is 5.17. The van der Waals surface area contributed by atoms with E-state index in [1.54, 1.807) is 4.90 Å². The van der Waals surface area contributed by atoms with Gasteiger partial charge in [0.25, 0.3) is 0 Å². The van der Waals surface area contributed by atoms with Crippen LogP contribution in [0.5, 0.6) is 0 Å². The Labute approximate surface area is 178 Å². The predicted molar refractivity (Wildman–Crippen MR) is 106 cm³/mol. The molecule has 2 heterocycles. The minimum atomic E-state index is -1.82. The van der Waals surface area contributed by atoms with E-state index in [0.717, 1.165) is 16.8 Å². The van der Waals surface area contributed by atoms with Crippen molar-refractivity contribution in [2.24, 2.45) is 0 Å². The van der Waals surface area contributed by atoms with Crippen molar-refractivity contribution in [2.45, 2.75) is 6.54 Å². The van der Waals surface area contributed by atoms with Crippen LogP contribution in [0.2, 0.25) is 0 Å². The monoisotopic (exact) mass is 459 g/mol. The largest absolute Gasteiger partial charge is 0.477 e. The third-order valence-electron chi connectivity index (χ3n) is 4.79. The molecule has 0 aliphatic carbocycles. The minimum absolute atomic E-state index is 0.277. The molecule has 1 aromatic carbocycles. The van der Waals surface area contributed by atoms with Crippen LogP contribution in [0, 0.1) is 11.6 Å². The van der Waals surface area contributed by atoms with Crippen LogP contribution in [0.1, 0.15) is 10.4 Å². The van der Waals surface area contributed by atoms with Crippen LogP contribution in [0.4, 0.5) is 18.9 Å². The first-order chi connectivity index (χ1) is 15.0. The van der Waals surface area contributed by atoms with E-state index >= 15 is 4.39 Å². The average Bonchev–Trinajstić information content (AvgIpc) is 2.71. The molecule has 0 spiro atoms. The van der Waals surface area contributed by atoms with Gasteiger partial charge in [-0.2, -0.15) is 0 Å². The number of aromatic nitrogens is 1. The van der Waals surface area contributed by atoms with E-state index in [9.17, 15) is 18.4 Å². The van der Waals surface area contributed by atoms with E-state index < -0.39 is 52.6 Å². The molecule has 174 valence electrons. The van der Waals surface area contributed by atoms with Crippen LogP contribution in [-0.2, 0) is 16.1 Å². The topological polar surface area (TPSA) is 140 Å². The molecular formula is C19H20F3N3O7. The Balaban J connectivity index is 0.000000534. The minimum Gasteiger partial charge on any atom is -0.477 e. The number of aryl methyl sites for hydroxylation is 1. The standard InChI is InChI=1S/C17H18F3N3O3.C2H2O4/c1-21-4-6-22(7-5-21)15-12(19)8-10-14(13(15)20)23(3-2-18)9-11(16(10)24)17(25)26;3-1(4)2(5)6/h8-9H,2-7H2,1H3,(H,25,26);(H,3,4)(H,5,6). The van der Waals surface area contributed by atoms with E-state index in [1.807, 2.05) is 11.9 Å². The number of rotatable bonds is 4. The zero-order valence-corrected chi connectivity index (χ0v) is 16.8. The summed E-state index contributed by atoms with van der Waals surface area (Å²) in [6, 6.07) is 0.843. The second kappa shape index (κ2) is 10.1. The number of likely N-dealkylation sites (N-methyl/N-ethyl adjacent to an activating group) is 1. The number of fused-ring (bicyclic) bond motifs is 1. The molecule has 1 fully saturated rings. The van der Waals surface area contributed by atoms with Gasteiger partial charge < -0.3 is 29.7 Å². The number of pyridine rings is 1. The van der Waals surface area contributed by atoms with Gasteiger partial charge in [0.05, 0.1) is 17.4 Å². The van der Waals surface area contributed by atoms with Gasteiger partial charge in [-0.1, -0.05) is 0 Å². The molecule has 0 radical (unpaired) electrons. The highest BCUT2D eigenvalue weighted by Gasteiger charge is 2.26. The van der Waals surface area contributed by atoms with Crippen LogP contribution in [0.25, 0.3) is 10.9 Å². The Kier molecular flexibility index (Phi) is 7.81. The zero-order valence-electron chi connectivity index (χ0n) is 16.8. The number of carboxylic acid groups (broad SMARTS) is 3. The third-order valence-corrected chi connectivity index (χ3v) is 4.79. The first-order valence-corrected chi connectivity index (χ1v) is 9.23. The first kappa shape index (κ1) is 24.7. The van der Waals surface area contributed by atoms with Crippen LogP contribution in [0.15, 0.2) is 17.1 Å². The lowest BCUT2D eigenvalue weighted by Gasteiger charge is -2.34. The number of carbonyl (C=O) groups is 3. The van der Waals surface area contributed by atoms with Crippen LogP contribution in [0.3, 0.4) is 0 Å². The van der Waals surface area contributed by atoms with Crippen molar-refractivity contribution >= 4 is 34.5 Å². The molecule has 3 rings (SSSR count). The molecule has 0 saturated carbocycles. The number of alkyl halides is 1. The molecular weight excluding hydrogens is 439 g/mol. The van der Waals surface area contributed by atoms with Gasteiger partial charge in [0.15, 0.2) is 5.82 Å². The van der Waals surface area contributed by atoms with Gasteiger partial charge in [0, 0.05) is 32.4 Å². The highest BCUT2D eigenvalue weighted by molar-refractivity contribution is 6.27. The molecule has 13 heteroatoms. The fourth-order valence-electron chi connectivity index (χ4n) is 3.22. The number of benzene rings is 1. The summed E-state index contributed by atoms with van der Waals surface area (Å²) in [5, 5.41) is 23.5.